The molecule has 0 spiro atoms. The van der Waals surface area contributed by atoms with Crippen LogP contribution in [0.25, 0.3) is 21.6 Å². The summed E-state index contributed by atoms with van der Waals surface area (Å²) in [6, 6.07) is 13.7. The Balaban J connectivity index is 1.56. The van der Waals surface area contributed by atoms with Crippen LogP contribution in [0.2, 0.25) is 0 Å². The van der Waals surface area contributed by atoms with E-state index in [1.807, 2.05) is 18.4 Å². The van der Waals surface area contributed by atoms with Gasteiger partial charge in [0.1, 0.15) is 22.8 Å². The van der Waals surface area contributed by atoms with Gasteiger partial charge in [-0.05, 0) is 86.2 Å². The van der Waals surface area contributed by atoms with E-state index in [1.165, 1.54) is 20.3 Å². The number of carbonyl (C=O) groups excluding carboxylic acids is 4. The number of esters is 1. The second kappa shape index (κ2) is 15.4. The van der Waals surface area contributed by atoms with Gasteiger partial charge < -0.3 is 34.9 Å². The first-order valence-electron chi connectivity index (χ1n) is 16.1. The highest BCUT2D eigenvalue weighted by molar-refractivity contribution is 7.13. The summed E-state index contributed by atoms with van der Waals surface area (Å²) >= 11 is 1.55. The van der Waals surface area contributed by atoms with Crippen LogP contribution in [0.4, 0.5) is 10.5 Å². The highest BCUT2D eigenvalue weighted by Crippen LogP contribution is 2.43. The molecule has 3 N–H and O–H groups in total. The van der Waals surface area contributed by atoms with Gasteiger partial charge in [-0.2, -0.15) is 0 Å². The van der Waals surface area contributed by atoms with E-state index >= 15 is 0 Å². The fourth-order valence-corrected chi connectivity index (χ4v) is 6.31. The van der Waals surface area contributed by atoms with Crippen LogP contribution < -0.4 is 25.4 Å². The predicted octanol–water partition coefficient (Wildman–Crippen LogP) is 6.62. The maximum absolute atomic E-state index is 14.3. The number of thiophene rings is 1. The van der Waals surface area contributed by atoms with E-state index in [-0.39, 0.29) is 29.1 Å². The maximum atomic E-state index is 14.3. The fourth-order valence-electron chi connectivity index (χ4n) is 5.34. The predicted molar refractivity (Wildman–Crippen MR) is 190 cm³/mol. The number of ether oxygens (including phenoxy) is 4. The third-order valence-electron chi connectivity index (χ3n) is 7.67. The van der Waals surface area contributed by atoms with Gasteiger partial charge in [-0.3, -0.25) is 9.59 Å². The number of alkyl carbamates (subject to hydrolysis) is 1. The van der Waals surface area contributed by atoms with E-state index in [9.17, 15) is 19.2 Å². The minimum atomic E-state index is -0.773. The molecule has 2 aromatic carbocycles. The fraction of sp³-hybridized carbons (Fsp3) is 0.324. The maximum Gasteiger partial charge on any atom is 0.407 e. The summed E-state index contributed by atoms with van der Waals surface area (Å²) < 4.78 is 22.2. The number of nitrogens with one attached hydrogen (secondary N) is 3. The van der Waals surface area contributed by atoms with Crippen molar-refractivity contribution in [3.8, 4) is 33.1 Å². The van der Waals surface area contributed by atoms with Crippen molar-refractivity contribution >= 4 is 40.9 Å². The van der Waals surface area contributed by atoms with Gasteiger partial charge in [0.2, 0.25) is 0 Å². The molecule has 50 heavy (non-hydrogen) atoms. The number of hydrogen-bond acceptors (Lipinski definition) is 10. The van der Waals surface area contributed by atoms with Crippen molar-refractivity contribution in [2.75, 3.05) is 32.7 Å². The summed E-state index contributed by atoms with van der Waals surface area (Å²) in [6.45, 7) is 8.31. The number of rotatable bonds is 10. The van der Waals surface area contributed by atoms with Crippen LogP contribution in [-0.2, 0) is 22.4 Å². The quantitative estimate of drug-likeness (QED) is 0.155. The van der Waals surface area contributed by atoms with Crippen LogP contribution in [0, 0.1) is 0 Å². The number of fused-ring (bicyclic) bond motifs is 3. The molecule has 2 aromatic heterocycles. The molecule has 0 bridgehead atoms. The smallest absolute Gasteiger partial charge is 0.407 e. The number of amides is 3. The lowest BCUT2D eigenvalue weighted by Crippen LogP contribution is -2.32. The molecule has 4 aromatic rings. The average molecular weight is 701 g/mol. The Morgan fingerprint density at radius 2 is 1.74 bits per heavy atom. The van der Waals surface area contributed by atoms with Gasteiger partial charge in [0.05, 0.1) is 26.5 Å². The molecule has 13 heteroatoms. The standard InChI is InChI=1S/C37H40N4O8S/c1-7-14-38-34(43)28-11-9-23(31(40-28)35(44)47-6)24-19-29-26(32-22(12-15-48-29)13-16-50-32)18-25(24)33(42)41-27-10-8-21(17-30(27)46-5)20-39-36(45)49-37(2,3)4/h8-11,13,16-19H,7,12,14-15,20H2,1-6H3,(H,38,43)(H,39,45)(H,41,42). The van der Waals surface area contributed by atoms with Crippen LogP contribution >= 0.6 is 11.3 Å². The van der Waals surface area contributed by atoms with Crippen molar-refractivity contribution in [1.82, 2.24) is 15.6 Å². The molecular formula is C37H40N4O8S. The zero-order valence-electron chi connectivity index (χ0n) is 28.9. The average Bonchev–Trinajstić information content (AvgIpc) is 3.49. The Morgan fingerprint density at radius 1 is 0.940 bits per heavy atom. The van der Waals surface area contributed by atoms with Crippen molar-refractivity contribution < 1.29 is 38.1 Å². The number of methoxy groups -OCH3 is 2. The molecule has 3 heterocycles. The van der Waals surface area contributed by atoms with E-state index in [0.29, 0.717) is 42.3 Å². The topological polar surface area (TPSA) is 154 Å². The van der Waals surface area contributed by atoms with Crippen molar-refractivity contribution in [3.63, 3.8) is 0 Å². The third kappa shape index (κ3) is 8.23. The highest BCUT2D eigenvalue weighted by Gasteiger charge is 2.27. The SMILES string of the molecule is CCCNC(=O)c1ccc(-c2cc3c(cc2C(=O)Nc2ccc(CNC(=O)OC(C)(C)C)cc2OC)-c2sccc2CCO3)c(C(=O)OC)n1. The number of anilines is 1. The van der Waals surface area contributed by atoms with Crippen molar-refractivity contribution in [1.29, 1.82) is 0 Å². The highest BCUT2D eigenvalue weighted by atomic mass is 32.1. The summed E-state index contributed by atoms with van der Waals surface area (Å²) in [6.07, 6.45) is 0.856. The lowest BCUT2D eigenvalue weighted by atomic mass is 9.93. The molecule has 0 unspecified atom stereocenters. The van der Waals surface area contributed by atoms with Gasteiger partial charge in [-0.15, -0.1) is 11.3 Å². The summed E-state index contributed by atoms with van der Waals surface area (Å²) in [5.41, 5.74) is 3.06. The van der Waals surface area contributed by atoms with Crippen LogP contribution in [-0.4, -0.2) is 61.8 Å². The van der Waals surface area contributed by atoms with Gasteiger partial charge >= 0.3 is 12.1 Å². The van der Waals surface area contributed by atoms with Crippen LogP contribution in [0.15, 0.2) is 53.9 Å². The number of benzene rings is 2. The molecule has 0 radical (unpaired) electrons. The zero-order chi connectivity index (χ0) is 36.0. The Bertz CT molecular complexity index is 1930. The largest absolute Gasteiger partial charge is 0.495 e. The number of pyridine rings is 1. The van der Waals surface area contributed by atoms with Crippen LogP contribution in [0.5, 0.6) is 11.5 Å². The second-order valence-electron chi connectivity index (χ2n) is 12.5. The van der Waals surface area contributed by atoms with E-state index in [0.717, 1.165) is 28.0 Å². The first-order chi connectivity index (χ1) is 23.9. The molecule has 1 aliphatic rings. The van der Waals surface area contributed by atoms with Gasteiger partial charge in [-0.1, -0.05) is 13.0 Å². The van der Waals surface area contributed by atoms with E-state index < -0.39 is 29.5 Å². The third-order valence-corrected chi connectivity index (χ3v) is 8.66. The summed E-state index contributed by atoms with van der Waals surface area (Å²) in [5.74, 6) is -0.804. The van der Waals surface area contributed by atoms with E-state index in [4.69, 9.17) is 18.9 Å². The second-order valence-corrected chi connectivity index (χ2v) is 13.4. The van der Waals surface area contributed by atoms with Gasteiger partial charge in [0, 0.05) is 46.6 Å². The number of aromatic nitrogens is 1. The van der Waals surface area contributed by atoms with Gasteiger partial charge in [0.25, 0.3) is 11.8 Å². The molecule has 0 saturated heterocycles. The summed E-state index contributed by atoms with van der Waals surface area (Å²) in [5, 5.41) is 10.4. The monoisotopic (exact) mass is 700 g/mol. The number of nitrogens with zero attached hydrogens (tertiary/aromatic N) is 1. The minimum absolute atomic E-state index is 0.0359. The minimum Gasteiger partial charge on any atom is -0.495 e. The molecule has 0 atom stereocenters. The summed E-state index contributed by atoms with van der Waals surface area (Å²) in [4.78, 5) is 57.7. The Labute approximate surface area is 294 Å². The molecule has 0 aliphatic carbocycles. The van der Waals surface area contributed by atoms with Crippen LogP contribution in [0.1, 0.15) is 76.6 Å². The molecule has 262 valence electrons. The first kappa shape index (κ1) is 35.9. The number of hydrogen-bond donors (Lipinski definition) is 3. The molecule has 3 amide bonds. The number of carbonyl (C=O) groups is 4. The molecule has 0 saturated carbocycles. The van der Waals surface area contributed by atoms with Gasteiger partial charge in [0.15, 0.2) is 5.69 Å². The van der Waals surface area contributed by atoms with Crippen molar-refractivity contribution in [2.24, 2.45) is 0 Å². The Hall–Kier alpha value is -5.43. The zero-order valence-corrected chi connectivity index (χ0v) is 29.7. The molecule has 12 nitrogen and oxygen atoms in total. The first-order valence-corrected chi connectivity index (χ1v) is 17.0. The van der Waals surface area contributed by atoms with Crippen molar-refractivity contribution in [3.05, 3.63) is 82.0 Å². The van der Waals surface area contributed by atoms with Crippen LogP contribution in [0.3, 0.4) is 0 Å². The van der Waals surface area contributed by atoms with Gasteiger partial charge in [-0.25, -0.2) is 14.6 Å². The lowest BCUT2D eigenvalue weighted by molar-refractivity contribution is 0.0522. The summed E-state index contributed by atoms with van der Waals surface area (Å²) in [7, 11) is 2.70. The molecule has 5 rings (SSSR count). The van der Waals surface area contributed by atoms with E-state index in [2.05, 4.69) is 20.9 Å². The van der Waals surface area contributed by atoms with E-state index in [1.54, 1.807) is 68.5 Å². The molecular weight excluding hydrogens is 660 g/mol. The Morgan fingerprint density at radius 3 is 2.46 bits per heavy atom. The Kier molecular flexibility index (Phi) is 11.1. The normalized spacial score (nSPS) is 12.0. The lowest BCUT2D eigenvalue weighted by Gasteiger charge is -2.20. The van der Waals surface area contributed by atoms with Crippen molar-refractivity contribution in [2.45, 2.75) is 52.7 Å². The molecule has 0 fully saturated rings. The molecule has 1 aliphatic heterocycles.